The van der Waals surface area contributed by atoms with E-state index in [1.54, 1.807) is 6.08 Å². The van der Waals surface area contributed by atoms with Gasteiger partial charge in [0.25, 0.3) is 0 Å². The van der Waals surface area contributed by atoms with Crippen molar-refractivity contribution in [3.8, 4) is 0 Å². The molecule has 1 rings (SSSR count). The first-order valence-corrected chi connectivity index (χ1v) is 30.6. The second-order valence-electron chi connectivity index (χ2n) is 20.6. The lowest BCUT2D eigenvalue weighted by atomic mass is 9.98. The van der Waals surface area contributed by atoms with E-state index < -0.39 is 67.3 Å². The van der Waals surface area contributed by atoms with Crippen LogP contribution in [0.25, 0.3) is 0 Å². The Morgan fingerprint density at radius 1 is 0.455 bits per heavy atom. The largest absolute Gasteiger partial charge is 0.479 e. The second kappa shape index (κ2) is 52.6. The minimum Gasteiger partial charge on any atom is -0.479 e. The third-order valence-corrected chi connectivity index (χ3v) is 13.5. The summed E-state index contributed by atoms with van der Waals surface area (Å²) in [5.41, 5.74) is 0. The highest BCUT2D eigenvalue weighted by Crippen LogP contribution is 2.26. The molecule has 6 atom stereocenters. The van der Waals surface area contributed by atoms with Crippen LogP contribution in [0.1, 0.15) is 252 Å². The number of ether oxygens (including phenoxy) is 5. The molecule has 0 aliphatic carbocycles. The molecule has 0 amide bonds. The number of rotatable bonds is 51. The summed E-state index contributed by atoms with van der Waals surface area (Å²) >= 11 is 0. The maximum Gasteiger partial charge on any atom is 0.335 e. The van der Waals surface area contributed by atoms with E-state index in [0.717, 1.165) is 83.5 Å². The monoisotopic (exact) mass is 1080 g/mol. The molecule has 77 heavy (non-hydrogen) atoms. The van der Waals surface area contributed by atoms with Crippen molar-refractivity contribution in [2.75, 3.05) is 13.2 Å². The van der Waals surface area contributed by atoms with E-state index in [1.807, 2.05) is 12.2 Å². The summed E-state index contributed by atoms with van der Waals surface area (Å²) in [6.07, 6.45) is 55.8. The van der Waals surface area contributed by atoms with Crippen molar-refractivity contribution < 1.29 is 58.2 Å². The molecule has 1 aliphatic heterocycles. The van der Waals surface area contributed by atoms with Gasteiger partial charge in [-0.2, -0.15) is 0 Å². The summed E-state index contributed by atoms with van der Waals surface area (Å²) in [5.74, 6) is -3.30. The number of allylic oxidation sites excluding steroid dienone is 13. The summed E-state index contributed by atoms with van der Waals surface area (Å²) in [4.78, 5) is 51.1. The zero-order valence-electron chi connectivity index (χ0n) is 48.4. The van der Waals surface area contributed by atoms with Crippen LogP contribution in [0.15, 0.2) is 85.1 Å². The number of carboxylic acid groups (broad SMARTS) is 1. The van der Waals surface area contributed by atoms with Gasteiger partial charge in [0.05, 0.1) is 13.0 Å². The molecule has 1 saturated heterocycles. The Hall–Kier alpha value is -4.10. The van der Waals surface area contributed by atoms with Gasteiger partial charge in [-0.05, 0) is 96.3 Å². The second-order valence-corrected chi connectivity index (χ2v) is 20.6. The van der Waals surface area contributed by atoms with Crippen molar-refractivity contribution in [3.63, 3.8) is 0 Å². The van der Waals surface area contributed by atoms with E-state index >= 15 is 0 Å². The molecule has 0 saturated carbocycles. The van der Waals surface area contributed by atoms with Gasteiger partial charge in [0.2, 0.25) is 0 Å². The highest BCUT2D eigenvalue weighted by molar-refractivity contribution is 5.74. The van der Waals surface area contributed by atoms with Crippen LogP contribution in [0.2, 0.25) is 0 Å². The maximum atomic E-state index is 13.1. The summed E-state index contributed by atoms with van der Waals surface area (Å²) in [6, 6.07) is 0. The quantitative estimate of drug-likeness (QED) is 0.0228. The lowest BCUT2D eigenvalue weighted by molar-refractivity contribution is -0.301. The Labute approximate surface area is 467 Å². The molecule has 0 aromatic carbocycles. The van der Waals surface area contributed by atoms with Gasteiger partial charge in [-0.1, -0.05) is 221 Å². The molecule has 12 heteroatoms. The van der Waals surface area contributed by atoms with Crippen molar-refractivity contribution >= 4 is 23.9 Å². The number of aliphatic carboxylic acids is 1. The Morgan fingerprint density at radius 3 is 1.31 bits per heavy atom. The van der Waals surface area contributed by atoms with E-state index in [9.17, 15) is 34.5 Å². The number of carbonyl (C=O) groups excluding carboxylic acids is 3. The van der Waals surface area contributed by atoms with Crippen LogP contribution < -0.4 is 0 Å². The molecule has 3 N–H and O–H groups in total. The molecule has 1 fully saturated rings. The normalized spacial score (nSPS) is 18.6. The summed E-state index contributed by atoms with van der Waals surface area (Å²) in [5, 5.41) is 31.5. The molecule has 6 unspecified atom stereocenters. The topological polar surface area (TPSA) is 175 Å². The molecule has 0 spiro atoms. The highest BCUT2D eigenvalue weighted by atomic mass is 16.7. The van der Waals surface area contributed by atoms with Gasteiger partial charge >= 0.3 is 23.9 Å². The van der Waals surface area contributed by atoms with E-state index in [1.165, 1.54) is 109 Å². The highest BCUT2D eigenvalue weighted by Gasteiger charge is 2.50. The average Bonchev–Trinajstić information content (AvgIpc) is 3.41. The maximum absolute atomic E-state index is 13.1. The fraction of sp³-hybridized carbons (Fsp3) is 0.723. The summed E-state index contributed by atoms with van der Waals surface area (Å²) < 4.78 is 28.3. The number of carbonyl (C=O) groups is 4. The molecule has 0 aromatic rings. The number of aliphatic hydroxyl groups is 2. The van der Waals surface area contributed by atoms with Crippen molar-refractivity contribution in [1.29, 1.82) is 0 Å². The van der Waals surface area contributed by atoms with Crippen LogP contribution in [-0.2, 0) is 42.9 Å². The number of hydrogen-bond donors (Lipinski definition) is 3. The molecule has 0 radical (unpaired) electrons. The molecule has 440 valence electrons. The minimum absolute atomic E-state index is 0.0374. The number of hydrogen-bond acceptors (Lipinski definition) is 11. The van der Waals surface area contributed by atoms with Gasteiger partial charge in [0.15, 0.2) is 24.6 Å². The minimum atomic E-state index is -1.92. The van der Waals surface area contributed by atoms with Gasteiger partial charge in [-0.3, -0.25) is 14.4 Å². The van der Waals surface area contributed by atoms with Crippen LogP contribution >= 0.6 is 0 Å². The number of aliphatic hydroxyl groups excluding tert-OH is 2. The van der Waals surface area contributed by atoms with E-state index in [4.69, 9.17) is 23.7 Å². The van der Waals surface area contributed by atoms with Gasteiger partial charge < -0.3 is 39.0 Å². The van der Waals surface area contributed by atoms with Gasteiger partial charge in [-0.15, -0.1) is 0 Å². The molecular weight excluding hydrogens is 973 g/mol. The van der Waals surface area contributed by atoms with Crippen LogP contribution in [0.5, 0.6) is 0 Å². The zero-order valence-corrected chi connectivity index (χ0v) is 48.4. The predicted molar refractivity (Wildman–Crippen MR) is 312 cm³/mol. The average molecular weight is 1080 g/mol. The summed E-state index contributed by atoms with van der Waals surface area (Å²) in [6.45, 7) is 5.77. The Morgan fingerprint density at radius 2 is 0.857 bits per heavy atom. The van der Waals surface area contributed by atoms with Crippen LogP contribution in [0.4, 0.5) is 0 Å². The molecule has 1 heterocycles. The number of carboxylic acids is 1. The molecule has 0 bridgehead atoms. The number of unbranched alkanes of at least 4 members (excludes halogenated alkanes) is 24. The first kappa shape index (κ1) is 70.9. The third kappa shape index (κ3) is 42.5. The molecule has 12 nitrogen and oxygen atoms in total. The summed E-state index contributed by atoms with van der Waals surface area (Å²) in [7, 11) is 0. The zero-order chi connectivity index (χ0) is 56.1. The van der Waals surface area contributed by atoms with Crippen molar-refractivity contribution in [2.45, 2.75) is 289 Å². The van der Waals surface area contributed by atoms with E-state index in [0.29, 0.717) is 19.3 Å². The predicted octanol–water partition coefficient (Wildman–Crippen LogP) is 15.9. The van der Waals surface area contributed by atoms with E-state index in [-0.39, 0.29) is 25.9 Å². The van der Waals surface area contributed by atoms with Crippen LogP contribution in [0, 0.1) is 0 Å². The first-order valence-electron chi connectivity index (χ1n) is 30.6. The van der Waals surface area contributed by atoms with Gasteiger partial charge in [0.1, 0.15) is 18.8 Å². The van der Waals surface area contributed by atoms with Gasteiger partial charge in [-0.25, -0.2) is 4.79 Å². The Balaban J connectivity index is 2.72. The van der Waals surface area contributed by atoms with E-state index in [2.05, 4.69) is 87.6 Å². The third-order valence-electron chi connectivity index (χ3n) is 13.5. The molecule has 0 aromatic heterocycles. The lowest BCUT2D eigenvalue weighted by Gasteiger charge is -2.40. The molecular formula is C65H108O12. The molecule has 1 aliphatic rings. The SMILES string of the molecule is CC/C=C\C/C=C\C/C=C\C/C=C\C/C=C\CC(=O)OC(COC(=O)CCCCCCCCCCC/C=C\CCCCCCCC)COC1OC(C(=O)O)C(O)C(O)C1OC(=O)CCCCCCC/C=C\CCCCCC. The standard InChI is InChI=1S/C65H108O12/c1-4-7-10-13-16-19-22-25-27-28-29-30-32-34-36-39-42-45-48-51-57(66)73-54-56(75-58(67)52-49-46-43-40-38-35-31-26-23-20-17-14-11-8-5-2)55-74-65-63(61(70)60(69)62(77-65)64(71)72)76-59(68)53-50-47-44-41-37-33-24-21-18-15-12-9-6-3/h8,11,17,20-21,24-27,31,38,40,46,49,56,60-63,65,69-70H,4-7,9-10,12-16,18-19,22-23,28-30,32-37,39,41-45,47-48,50-55H2,1-3H3,(H,71,72)/b11-8-,20-17-,24-21-,27-25-,31-26-,40-38-,49-46-. The first-order chi connectivity index (χ1) is 37.6. The van der Waals surface area contributed by atoms with Crippen molar-refractivity contribution in [3.05, 3.63) is 85.1 Å². The fourth-order valence-electron chi connectivity index (χ4n) is 8.79. The van der Waals surface area contributed by atoms with Crippen molar-refractivity contribution in [1.82, 2.24) is 0 Å². The fourth-order valence-corrected chi connectivity index (χ4v) is 8.79. The van der Waals surface area contributed by atoms with Crippen LogP contribution in [0.3, 0.4) is 0 Å². The Bertz CT molecular complexity index is 1660. The smallest absolute Gasteiger partial charge is 0.335 e. The van der Waals surface area contributed by atoms with Crippen molar-refractivity contribution in [2.24, 2.45) is 0 Å². The number of esters is 3. The lowest BCUT2D eigenvalue weighted by Crippen LogP contribution is -2.61. The Kier molecular flexibility index (Phi) is 48.4. The van der Waals surface area contributed by atoms with Gasteiger partial charge in [0, 0.05) is 12.8 Å². The van der Waals surface area contributed by atoms with Crippen LogP contribution in [-0.4, -0.2) is 89.2 Å².